The van der Waals surface area contributed by atoms with Gasteiger partial charge in [0.15, 0.2) is 0 Å². The van der Waals surface area contributed by atoms with Gasteiger partial charge in [0.25, 0.3) is 5.69 Å². The number of para-hydroxylation sites is 1. The van der Waals surface area contributed by atoms with Gasteiger partial charge in [0.2, 0.25) is 0 Å². The quantitative estimate of drug-likeness (QED) is 0.514. The number of benzene rings is 2. The van der Waals surface area contributed by atoms with E-state index in [1.807, 2.05) is 25.1 Å². The fourth-order valence-electron chi connectivity index (χ4n) is 1.93. The van der Waals surface area contributed by atoms with E-state index in [2.05, 4.69) is 15.8 Å². The van der Waals surface area contributed by atoms with E-state index in [1.54, 1.807) is 25.1 Å². The number of aryl methyl sites for hydroxylation is 2. The third-order valence-electron chi connectivity index (χ3n) is 3.20. The van der Waals surface area contributed by atoms with E-state index >= 15 is 0 Å². The molecule has 0 saturated carbocycles. The van der Waals surface area contributed by atoms with Gasteiger partial charge in [-0.05, 0) is 25.5 Å². The number of nitrogens with zero attached hydrogens (tertiary/aromatic N) is 2. The summed E-state index contributed by atoms with van der Waals surface area (Å²) in [5, 5.41) is 17.3. The normalized spacial score (nSPS) is 10.5. The average Bonchev–Trinajstić information content (AvgIpc) is 2.51. The summed E-state index contributed by atoms with van der Waals surface area (Å²) < 4.78 is 0. The topological polar surface area (TPSA) is 96.6 Å². The second-order valence-electron chi connectivity index (χ2n) is 4.94. The molecule has 7 nitrogen and oxygen atoms in total. The van der Waals surface area contributed by atoms with Crippen LogP contribution in [0.25, 0.3) is 0 Å². The smallest absolute Gasteiger partial charge is 0.306 e. The summed E-state index contributed by atoms with van der Waals surface area (Å²) in [5.41, 5.74) is 5.04. The zero-order valence-corrected chi connectivity index (χ0v) is 12.7. The SMILES string of the molecule is Cc1ccccc1NC(=O)NN=Cc1ccc(C)c([N+](=O)[O-])c1. The third kappa shape index (κ3) is 4.37. The maximum absolute atomic E-state index is 11.7. The molecule has 0 heterocycles. The van der Waals surface area contributed by atoms with Crippen molar-refractivity contribution in [2.75, 3.05) is 5.32 Å². The van der Waals surface area contributed by atoms with Crippen molar-refractivity contribution in [2.24, 2.45) is 5.10 Å². The average molecular weight is 312 g/mol. The number of hydrazone groups is 1. The first-order valence-corrected chi connectivity index (χ1v) is 6.88. The highest BCUT2D eigenvalue weighted by Gasteiger charge is 2.10. The van der Waals surface area contributed by atoms with E-state index in [0.717, 1.165) is 5.56 Å². The number of carbonyl (C=O) groups is 1. The van der Waals surface area contributed by atoms with Crippen LogP contribution >= 0.6 is 0 Å². The van der Waals surface area contributed by atoms with Crippen LogP contribution < -0.4 is 10.7 Å². The molecule has 23 heavy (non-hydrogen) atoms. The van der Waals surface area contributed by atoms with Gasteiger partial charge in [-0.15, -0.1) is 0 Å². The minimum atomic E-state index is -0.489. The summed E-state index contributed by atoms with van der Waals surface area (Å²) in [6.07, 6.45) is 1.35. The molecule has 2 aromatic rings. The molecule has 0 unspecified atom stereocenters. The Balaban J connectivity index is 1.99. The Kier molecular flexibility index (Phi) is 5.03. The predicted octanol–water partition coefficient (Wildman–Crippen LogP) is 3.37. The van der Waals surface area contributed by atoms with Crippen molar-refractivity contribution in [1.29, 1.82) is 0 Å². The first-order valence-electron chi connectivity index (χ1n) is 6.88. The van der Waals surface area contributed by atoms with Crippen LogP contribution in [0.5, 0.6) is 0 Å². The molecule has 2 N–H and O–H groups in total. The molecule has 0 radical (unpaired) electrons. The Hall–Kier alpha value is -3.22. The predicted molar refractivity (Wildman–Crippen MR) is 88.8 cm³/mol. The fourth-order valence-corrected chi connectivity index (χ4v) is 1.93. The Labute approximate surface area is 133 Å². The lowest BCUT2D eigenvalue weighted by Gasteiger charge is -2.06. The van der Waals surface area contributed by atoms with E-state index in [1.165, 1.54) is 12.3 Å². The Morgan fingerprint density at radius 2 is 1.91 bits per heavy atom. The maximum Gasteiger partial charge on any atom is 0.339 e. The van der Waals surface area contributed by atoms with Crippen LogP contribution in [0, 0.1) is 24.0 Å². The Morgan fingerprint density at radius 3 is 2.61 bits per heavy atom. The molecule has 118 valence electrons. The van der Waals surface area contributed by atoms with Crippen LogP contribution in [-0.4, -0.2) is 17.2 Å². The van der Waals surface area contributed by atoms with Gasteiger partial charge in [0.05, 0.1) is 11.1 Å². The number of rotatable bonds is 4. The summed E-state index contributed by atoms with van der Waals surface area (Å²) in [5.74, 6) is 0. The van der Waals surface area contributed by atoms with E-state index < -0.39 is 11.0 Å². The first kappa shape index (κ1) is 16.2. The van der Waals surface area contributed by atoms with Crippen molar-refractivity contribution < 1.29 is 9.72 Å². The van der Waals surface area contributed by atoms with Crippen molar-refractivity contribution in [2.45, 2.75) is 13.8 Å². The van der Waals surface area contributed by atoms with Gasteiger partial charge in [0.1, 0.15) is 0 Å². The largest absolute Gasteiger partial charge is 0.339 e. The van der Waals surface area contributed by atoms with Crippen LogP contribution in [0.1, 0.15) is 16.7 Å². The van der Waals surface area contributed by atoms with Crippen LogP contribution in [-0.2, 0) is 0 Å². The summed E-state index contributed by atoms with van der Waals surface area (Å²) in [7, 11) is 0. The number of urea groups is 1. The molecule has 0 atom stereocenters. The standard InChI is InChI=1S/C16H16N4O3/c1-11-5-3-4-6-14(11)18-16(21)19-17-10-13-8-7-12(2)15(9-13)20(22)23/h3-10H,1-2H3,(H2,18,19,21). The lowest BCUT2D eigenvalue weighted by molar-refractivity contribution is -0.385. The van der Waals surface area contributed by atoms with Gasteiger partial charge in [-0.25, -0.2) is 10.2 Å². The molecular formula is C16H16N4O3. The maximum atomic E-state index is 11.7. The molecule has 0 saturated heterocycles. The second-order valence-corrected chi connectivity index (χ2v) is 4.94. The number of anilines is 1. The molecule has 7 heteroatoms. The zero-order valence-electron chi connectivity index (χ0n) is 12.7. The second kappa shape index (κ2) is 7.17. The zero-order chi connectivity index (χ0) is 16.8. The van der Waals surface area contributed by atoms with Crippen molar-refractivity contribution in [3.05, 3.63) is 69.3 Å². The van der Waals surface area contributed by atoms with Gasteiger partial charge in [-0.2, -0.15) is 5.10 Å². The number of hydrogen-bond donors (Lipinski definition) is 2. The summed E-state index contributed by atoms with van der Waals surface area (Å²) in [6.45, 7) is 3.54. The molecule has 0 aliphatic carbocycles. The van der Waals surface area contributed by atoms with Gasteiger partial charge in [-0.3, -0.25) is 10.1 Å². The van der Waals surface area contributed by atoms with Crippen LogP contribution in [0.4, 0.5) is 16.2 Å². The van der Waals surface area contributed by atoms with Gasteiger partial charge < -0.3 is 5.32 Å². The molecule has 0 spiro atoms. The fraction of sp³-hybridized carbons (Fsp3) is 0.125. The van der Waals surface area contributed by atoms with E-state index in [-0.39, 0.29) is 5.69 Å². The molecule has 2 amide bonds. The highest BCUT2D eigenvalue weighted by Crippen LogP contribution is 2.18. The lowest BCUT2D eigenvalue weighted by atomic mass is 10.1. The van der Waals surface area contributed by atoms with Crippen molar-refractivity contribution >= 4 is 23.6 Å². The van der Waals surface area contributed by atoms with Crippen molar-refractivity contribution in [1.82, 2.24) is 5.43 Å². The number of amides is 2. The number of nitro groups is 1. The van der Waals surface area contributed by atoms with Crippen LogP contribution in [0.2, 0.25) is 0 Å². The Morgan fingerprint density at radius 1 is 1.17 bits per heavy atom. The minimum absolute atomic E-state index is 0.0123. The molecule has 0 aromatic heterocycles. The number of nitro benzene ring substituents is 1. The molecular weight excluding hydrogens is 296 g/mol. The van der Waals surface area contributed by atoms with Gasteiger partial charge in [-0.1, -0.05) is 30.3 Å². The van der Waals surface area contributed by atoms with Gasteiger partial charge in [0, 0.05) is 22.9 Å². The molecule has 0 fully saturated rings. The lowest BCUT2D eigenvalue weighted by Crippen LogP contribution is -2.24. The van der Waals surface area contributed by atoms with Crippen molar-refractivity contribution in [3.8, 4) is 0 Å². The highest BCUT2D eigenvalue weighted by atomic mass is 16.6. The first-order chi connectivity index (χ1) is 11.0. The summed E-state index contributed by atoms with van der Waals surface area (Å²) in [6, 6.07) is 11.6. The monoisotopic (exact) mass is 312 g/mol. The molecule has 2 aromatic carbocycles. The summed E-state index contributed by atoms with van der Waals surface area (Å²) in [4.78, 5) is 22.2. The highest BCUT2D eigenvalue weighted by molar-refractivity contribution is 5.91. The van der Waals surface area contributed by atoms with Crippen LogP contribution in [0.15, 0.2) is 47.6 Å². The number of nitrogens with one attached hydrogen (secondary N) is 2. The molecule has 0 aliphatic rings. The van der Waals surface area contributed by atoms with E-state index in [4.69, 9.17) is 0 Å². The number of hydrogen-bond acceptors (Lipinski definition) is 4. The van der Waals surface area contributed by atoms with Gasteiger partial charge >= 0.3 is 6.03 Å². The Bertz CT molecular complexity index is 772. The minimum Gasteiger partial charge on any atom is -0.306 e. The van der Waals surface area contributed by atoms with Crippen LogP contribution in [0.3, 0.4) is 0 Å². The molecule has 2 rings (SSSR count). The summed E-state index contributed by atoms with van der Waals surface area (Å²) >= 11 is 0. The van der Waals surface area contributed by atoms with E-state index in [9.17, 15) is 14.9 Å². The number of carbonyl (C=O) groups excluding carboxylic acids is 1. The molecule has 0 aliphatic heterocycles. The van der Waals surface area contributed by atoms with E-state index in [0.29, 0.717) is 16.8 Å². The van der Waals surface area contributed by atoms with Crippen molar-refractivity contribution in [3.63, 3.8) is 0 Å². The third-order valence-corrected chi connectivity index (χ3v) is 3.20. The molecule has 0 bridgehead atoms.